The van der Waals surface area contributed by atoms with Gasteiger partial charge >= 0.3 is 0 Å². The van der Waals surface area contributed by atoms with E-state index in [9.17, 15) is 4.79 Å². The molecule has 0 N–H and O–H groups in total. The molecular formula is C15H17N3O3. The average Bonchev–Trinajstić information content (AvgIpc) is 2.94. The largest absolute Gasteiger partial charge is 0.459 e. The van der Waals surface area contributed by atoms with Crippen molar-refractivity contribution in [1.29, 1.82) is 0 Å². The van der Waals surface area contributed by atoms with E-state index in [1.807, 2.05) is 6.92 Å². The van der Waals surface area contributed by atoms with Gasteiger partial charge < -0.3 is 13.8 Å². The molecule has 0 aromatic carbocycles. The van der Waals surface area contributed by atoms with Crippen LogP contribution in [0.3, 0.4) is 0 Å². The Hall–Kier alpha value is -2.11. The van der Waals surface area contributed by atoms with Gasteiger partial charge in [-0.05, 0) is 38.7 Å². The van der Waals surface area contributed by atoms with Crippen LogP contribution >= 0.6 is 0 Å². The molecule has 1 atom stereocenters. The maximum absolute atomic E-state index is 12.6. The minimum absolute atomic E-state index is 0.0854. The lowest BCUT2D eigenvalue weighted by Gasteiger charge is -2.21. The molecule has 0 spiro atoms. The summed E-state index contributed by atoms with van der Waals surface area (Å²) in [6.07, 6.45) is 5.62. The van der Waals surface area contributed by atoms with Crippen molar-refractivity contribution in [2.45, 2.75) is 44.6 Å². The minimum Gasteiger partial charge on any atom is -0.459 e. The lowest BCUT2D eigenvalue weighted by atomic mass is 10.2. The third-order valence-corrected chi connectivity index (χ3v) is 4.25. The third-order valence-electron chi connectivity index (χ3n) is 4.25. The molecule has 1 saturated carbocycles. The Morgan fingerprint density at radius 3 is 2.95 bits per heavy atom. The van der Waals surface area contributed by atoms with Gasteiger partial charge in [0.05, 0.1) is 12.3 Å². The van der Waals surface area contributed by atoms with E-state index in [0.717, 1.165) is 37.1 Å². The molecule has 2 fully saturated rings. The van der Waals surface area contributed by atoms with Gasteiger partial charge in [-0.2, -0.15) is 4.98 Å². The Labute approximate surface area is 122 Å². The van der Waals surface area contributed by atoms with Crippen molar-refractivity contribution in [3.8, 4) is 0 Å². The molecule has 110 valence electrons. The summed E-state index contributed by atoms with van der Waals surface area (Å²) in [5, 5.41) is 4.09. The number of hydrogen-bond acceptors (Lipinski definition) is 5. The van der Waals surface area contributed by atoms with E-state index in [1.165, 1.54) is 0 Å². The first-order chi connectivity index (χ1) is 10.2. The highest BCUT2D eigenvalue weighted by Crippen LogP contribution is 2.40. The van der Waals surface area contributed by atoms with E-state index in [1.54, 1.807) is 17.2 Å². The lowest BCUT2D eigenvalue weighted by Crippen LogP contribution is -2.31. The molecule has 6 heteroatoms. The summed E-state index contributed by atoms with van der Waals surface area (Å²) in [6, 6.07) is 1.70. The van der Waals surface area contributed by atoms with Crippen LogP contribution in [0.25, 0.3) is 0 Å². The molecule has 4 rings (SSSR count). The average molecular weight is 287 g/mol. The molecule has 0 bridgehead atoms. The number of aromatic nitrogens is 2. The van der Waals surface area contributed by atoms with Gasteiger partial charge in [0.2, 0.25) is 5.89 Å². The Bertz CT molecular complexity index is 671. The molecular weight excluding hydrogens is 270 g/mol. The van der Waals surface area contributed by atoms with E-state index in [0.29, 0.717) is 24.0 Å². The van der Waals surface area contributed by atoms with Crippen LogP contribution in [0.5, 0.6) is 0 Å². The van der Waals surface area contributed by atoms with Crippen LogP contribution in [0, 0.1) is 6.92 Å². The summed E-state index contributed by atoms with van der Waals surface area (Å²) in [4.78, 5) is 18.9. The zero-order valence-corrected chi connectivity index (χ0v) is 11.9. The number of likely N-dealkylation sites (tertiary alicyclic amines) is 1. The second-order valence-corrected chi connectivity index (χ2v) is 5.85. The van der Waals surface area contributed by atoms with Gasteiger partial charge in [-0.25, -0.2) is 0 Å². The number of aryl methyl sites for hydroxylation is 1. The van der Waals surface area contributed by atoms with Crippen molar-refractivity contribution in [3.05, 3.63) is 35.4 Å². The van der Waals surface area contributed by atoms with Crippen LogP contribution in [0.2, 0.25) is 0 Å². The highest BCUT2D eigenvalue weighted by atomic mass is 16.5. The lowest BCUT2D eigenvalue weighted by molar-refractivity contribution is 0.0695. The fraction of sp³-hybridized carbons (Fsp3) is 0.533. The Kier molecular flexibility index (Phi) is 2.83. The molecule has 2 aromatic heterocycles. The van der Waals surface area contributed by atoms with E-state index < -0.39 is 0 Å². The Morgan fingerprint density at radius 2 is 2.24 bits per heavy atom. The normalized spacial score (nSPS) is 22.0. The van der Waals surface area contributed by atoms with Crippen LogP contribution in [0.15, 0.2) is 21.3 Å². The first-order valence-electron chi connectivity index (χ1n) is 7.42. The number of carbonyl (C=O) groups is 1. The fourth-order valence-corrected chi connectivity index (χ4v) is 2.88. The highest BCUT2D eigenvalue weighted by Gasteiger charge is 2.37. The number of nitrogens with zero attached hydrogens (tertiary/aromatic N) is 3. The first-order valence-corrected chi connectivity index (χ1v) is 7.42. The summed E-state index contributed by atoms with van der Waals surface area (Å²) in [5.74, 6) is 2.11. The molecule has 2 aliphatic rings. The zero-order valence-electron chi connectivity index (χ0n) is 11.9. The molecule has 1 unspecified atom stereocenters. The predicted octanol–water partition coefficient (Wildman–Crippen LogP) is 2.83. The second-order valence-electron chi connectivity index (χ2n) is 5.85. The number of hydrogen-bond donors (Lipinski definition) is 0. The molecule has 1 aliphatic heterocycles. The van der Waals surface area contributed by atoms with Crippen LogP contribution in [0.1, 0.15) is 65.5 Å². The summed E-state index contributed by atoms with van der Waals surface area (Å²) in [7, 11) is 0. The Balaban J connectivity index is 1.59. The molecule has 1 amide bonds. The van der Waals surface area contributed by atoms with Crippen molar-refractivity contribution in [1.82, 2.24) is 15.0 Å². The predicted molar refractivity (Wildman–Crippen MR) is 72.7 cm³/mol. The molecule has 1 saturated heterocycles. The molecule has 3 heterocycles. The topological polar surface area (TPSA) is 72.4 Å². The zero-order chi connectivity index (χ0) is 14.4. The van der Waals surface area contributed by atoms with Crippen molar-refractivity contribution < 1.29 is 13.7 Å². The van der Waals surface area contributed by atoms with Gasteiger partial charge in [0.25, 0.3) is 5.91 Å². The number of carbonyl (C=O) groups excluding carboxylic acids is 1. The maximum atomic E-state index is 12.6. The number of rotatable bonds is 3. The SMILES string of the molecule is Cc1ccoc1C(=O)N1CCCC1c1noc(C2CC2)n1. The van der Waals surface area contributed by atoms with Gasteiger partial charge in [0, 0.05) is 18.0 Å². The summed E-state index contributed by atoms with van der Waals surface area (Å²) in [6.45, 7) is 2.58. The van der Waals surface area contributed by atoms with E-state index in [-0.39, 0.29) is 11.9 Å². The van der Waals surface area contributed by atoms with Crippen molar-refractivity contribution >= 4 is 5.91 Å². The first kappa shape index (κ1) is 12.6. The van der Waals surface area contributed by atoms with Crippen molar-refractivity contribution in [3.63, 3.8) is 0 Å². The fourth-order valence-electron chi connectivity index (χ4n) is 2.88. The van der Waals surface area contributed by atoms with E-state index in [2.05, 4.69) is 10.1 Å². The quantitative estimate of drug-likeness (QED) is 0.868. The van der Waals surface area contributed by atoms with Crippen LogP contribution < -0.4 is 0 Å². The second kappa shape index (κ2) is 4.72. The Morgan fingerprint density at radius 1 is 1.38 bits per heavy atom. The van der Waals surface area contributed by atoms with E-state index in [4.69, 9.17) is 8.94 Å². The molecule has 21 heavy (non-hydrogen) atoms. The van der Waals surface area contributed by atoms with Gasteiger partial charge in [-0.1, -0.05) is 5.16 Å². The summed E-state index contributed by atoms with van der Waals surface area (Å²) in [5.41, 5.74) is 0.859. The summed E-state index contributed by atoms with van der Waals surface area (Å²) >= 11 is 0. The highest BCUT2D eigenvalue weighted by molar-refractivity contribution is 5.93. The molecule has 2 aromatic rings. The molecule has 1 aliphatic carbocycles. The van der Waals surface area contributed by atoms with Crippen LogP contribution in [-0.4, -0.2) is 27.5 Å². The van der Waals surface area contributed by atoms with Crippen molar-refractivity contribution in [2.75, 3.05) is 6.54 Å². The number of furan rings is 1. The van der Waals surface area contributed by atoms with E-state index >= 15 is 0 Å². The molecule has 0 radical (unpaired) electrons. The van der Waals surface area contributed by atoms with Crippen LogP contribution in [0.4, 0.5) is 0 Å². The smallest absolute Gasteiger partial charge is 0.290 e. The number of amides is 1. The monoisotopic (exact) mass is 287 g/mol. The third kappa shape index (κ3) is 2.14. The van der Waals surface area contributed by atoms with Gasteiger partial charge in [-0.15, -0.1) is 0 Å². The standard InChI is InChI=1S/C15H17N3O3/c1-9-6-8-20-12(9)15(19)18-7-2-3-11(18)13-16-14(21-17-13)10-4-5-10/h6,8,10-11H,2-5,7H2,1H3. The molecule has 6 nitrogen and oxygen atoms in total. The van der Waals surface area contributed by atoms with Crippen LogP contribution in [-0.2, 0) is 0 Å². The van der Waals surface area contributed by atoms with Crippen molar-refractivity contribution in [2.24, 2.45) is 0 Å². The van der Waals surface area contributed by atoms with Gasteiger partial charge in [0.15, 0.2) is 11.6 Å². The summed E-state index contributed by atoms with van der Waals surface area (Å²) < 4.78 is 10.6. The minimum atomic E-state index is -0.0988. The van der Waals surface area contributed by atoms with Gasteiger partial charge in [0.1, 0.15) is 0 Å². The maximum Gasteiger partial charge on any atom is 0.290 e. The van der Waals surface area contributed by atoms with Gasteiger partial charge in [-0.3, -0.25) is 4.79 Å².